The van der Waals surface area contributed by atoms with Gasteiger partial charge in [-0.05, 0) is 49.0 Å². The van der Waals surface area contributed by atoms with Gasteiger partial charge in [-0.1, -0.05) is 52.8 Å². The van der Waals surface area contributed by atoms with E-state index in [0.717, 1.165) is 24.4 Å². The number of hydrogen-bond donors (Lipinski definition) is 2. The highest BCUT2D eigenvalue weighted by Gasteiger charge is 2.22. The topological polar surface area (TPSA) is 70.7 Å². The number of carbonyl (C=O) groups is 2. The van der Waals surface area contributed by atoms with Gasteiger partial charge in [0.15, 0.2) is 0 Å². The molecule has 2 rings (SSSR count). The lowest BCUT2D eigenvalue weighted by Gasteiger charge is -2.30. The third-order valence-corrected chi connectivity index (χ3v) is 5.25. The molecule has 6 heteroatoms. The van der Waals surface area contributed by atoms with Crippen molar-refractivity contribution in [3.05, 3.63) is 59.7 Å². The number of anilines is 1. The van der Waals surface area contributed by atoms with Gasteiger partial charge in [-0.25, -0.2) is 0 Å². The van der Waals surface area contributed by atoms with Crippen LogP contribution in [0.1, 0.15) is 56.6 Å². The maximum absolute atomic E-state index is 12.9. The quantitative estimate of drug-likeness (QED) is 0.621. The van der Waals surface area contributed by atoms with Crippen LogP contribution in [-0.4, -0.2) is 43.5 Å². The first-order valence-corrected chi connectivity index (χ1v) is 10.8. The predicted octanol–water partition coefficient (Wildman–Crippen LogP) is 4.49. The molecule has 168 valence electrons. The van der Waals surface area contributed by atoms with Gasteiger partial charge in [-0.3, -0.25) is 14.5 Å². The molecule has 0 heterocycles. The predicted molar refractivity (Wildman–Crippen MR) is 126 cm³/mol. The normalized spacial score (nSPS) is 12.4. The molecular weight excluding hydrogens is 390 g/mol. The molecule has 2 aromatic rings. The first-order chi connectivity index (χ1) is 14.7. The van der Waals surface area contributed by atoms with Gasteiger partial charge in [0, 0.05) is 23.2 Å². The van der Waals surface area contributed by atoms with Gasteiger partial charge in [0.05, 0.1) is 13.2 Å². The largest absolute Gasteiger partial charge is 0.497 e. The Bertz CT molecular complexity index is 886. The fraction of sp³-hybridized carbons (Fsp3) is 0.440. The second-order valence-electron chi connectivity index (χ2n) is 8.51. The Balaban J connectivity index is 2.15. The van der Waals surface area contributed by atoms with Crippen molar-refractivity contribution in [2.75, 3.05) is 32.1 Å². The lowest BCUT2D eigenvalue weighted by molar-refractivity contribution is -0.123. The number of hydrogen-bond acceptors (Lipinski definition) is 4. The molecule has 0 bridgehead atoms. The van der Waals surface area contributed by atoms with Crippen LogP contribution in [0, 0.1) is 5.41 Å². The summed E-state index contributed by atoms with van der Waals surface area (Å²) < 4.78 is 5.38. The number of carbonyl (C=O) groups excluding carboxylic acids is 2. The van der Waals surface area contributed by atoms with Gasteiger partial charge in [0.25, 0.3) is 5.91 Å². The number of amides is 2. The van der Waals surface area contributed by atoms with E-state index in [0.29, 0.717) is 17.8 Å². The maximum Gasteiger partial charge on any atom is 0.251 e. The standard InChI is InChI=1S/C25H35N3O3/c1-7-28(8-2)22(18-11-10-14-21(16-18)31-6)17-26-23(29)19-12-9-13-20(15-19)27-24(30)25(3,4)5/h9-16,22H,7-8,17H2,1-6H3,(H,26,29)(H,27,30). The molecule has 0 aliphatic carbocycles. The number of likely N-dealkylation sites (N-methyl/N-ethyl adjacent to an activating group) is 1. The van der Waals surface area contributed by atoms with Crippen molar-refractivity contribution in [3.63, 3.8) is 0 Å². The van der Waals surface area contributed by atoms with Gasteiger partial charge in [-0.2, -0.15) is 0 Å². The van der Waals surface area contributed by atoms with E-state index in [4.69, 9.17) is 4.74 Å². The highest BCUT2D eigenvalue weighted by molar-refractivity contribution is 5.98. The smallest absolute Gasteiger partial charge is 0.251 e. The van der Waals surface area contributed by atoms with E-state index in [-0.39, 0.29) is 17.9 Å². The van der Waals surface area contributed by atoms with E-state index in [9.17, 15) is 9.59 Å². The van der Waals surface area contributed by atoms with Crippen LogP contribution in [0.5, 0.6) is 5.75 Å². The number of nitrogens with one attached hydrogen (secondary N) is 2. The molecule has 0 saturated carbocycles. The number of benzene rings is 2. The van der Waals surface area contributed by atoms with Crippen LogP contribution < -0.4 is 15.4 Å². The van der Waals surface area contributed by atoms with Crippen molar-refractivity contribution >= 4 is 17.5 Å². The fourth-order valence-electron chi connectivity index (χ4n) is 3.32. The third kappa shape index (κ3) is 6.82. The van der Waals surface area contributed by atoms with E-state index >= 15 is 0 Å². The molecule has 0 aromatic heterocycles. The number of rotatable bonds is 9. The number of methoxy groups -OCH3 is 1. The van der Waals surface area contributed by atoms with Gasteiger partial charge in [0.2, 0.25) is 5.91 Å². The SMILES string of the molecule is CCN(CC)C(CNC(=O)c1cccc(NC(=O)C(C)(C)C)c1)c1cccc(OC)c1. The van der Waals surface area contributed by atoms with Crippen LogP contribution in [-0.2, 0) is 4.79 Å². The van der Waals surface area contributed by atoms with Crippen LogP contribution in [0.15, 0.2) is 48.5 Å². The molecule has 0 aliphatic rings. The van der Waals surface area contributed by atoms with Crippen molar-refractivity contribution in [3.8, 4) is 5.75 Å². The second-order valence-corrected chi connectivity index (χ2v) is 8.51. The summed E-state index contributed by atoms with van der Waals surface area (Å²) in [6.45, 7) is 12.0. The molecule has 2 aromatic carbocycles. The Morgan fingerprint density at radius 3 is 2.32 bits per heavy atom. The summed E-state index contributed by atoms with van der Waals surface area (Å²) in [5.74, 6) is 0.528. The zero-order chi connectivity index (χ0) is 23.0. The van der Waals surface area contributed by atoms with Crippen LogP contribution in [0.3, 0.4) is 0 Å². The molecule has 0 fully saturated rings. The Hall–Kier alpha value is -2.86. The average Bonchev–Trinajstić information content (AvgIpc) is 2.76. The Kier molecular flexibility index (Phi) is 8.63. The minimum Gasteiger partial charge on any atom is -0.497 e. The van der Waals surface area contributed by atoms with Gasteiger partial charge in [0.1, 0.15) is 5.75 Å². The van der Waals surface area contributed by atoms with Gasteiger partial charge < -0.3 is 15.4 Å². The van der Waals surface area contributed by atoms with Crippen LogP contribution in [0.2, 0.25) is 0 Å². The number of nitrogens with zero attached hydrogens (tertiary/aromatic N) is 1. The molecule has 2 N–H and O–H groups in total. The molecule has 0 aliphatic heterocycles. The zero-order valence-corrected chi connectivity index (χ0v) is 19.5. The zero-order valence-electron chi connectivity index (χ0n) is 19.5. The molecule has 1 atom stereocenters. The molecule has 2 amide bonds. The summed E-state index contributed by atoms with van der Waals surface area (Å²) in [7, 11) is 1.65. The van der Waals surface area contributed by atoms with Crippen LogP contribution in [0.4, 0.5) is 5.69 Å². The number of ether oxygens (including phenoxy) is 1. The first-order valence-electron chi connectivity index (χ1n) is 10.8. The van der Waals surface area contributed by atoms with Gasteiger partial charge >= 0.3 is 0 Å². The second kappa shape index (κ2) is 11.0. The van der Waals surface area contributed by atoms with E-state index < -0.39 is 5.41 Å². The van der Waals surface area contributed by atoms with Crippen molar-refractivity contribution in [2.24, 2.45) is 5.41 Å². The highest BCUT2D eigenvalue weighted by Crippen LogP contribution is 2.24. The van der Waals surface area contributed by atoms with Crippen molar-refractivity contribution in [2.45, 2.75) is 40.7 Å². The third-order valence-electron chi connectivity index (χ3n) is 5.25. The molecule has 1 unspecified atom stereocenters. The summed E-state index contributed by atoms with van der Waals surface area (Å²) >= 11 is 0. The minimum atomic E-state index is -0.508. The molecule has 0 spiro atoms. The molecule has 0 saturated heterocycles. The maximum atomic E-state index is 12.9. The Labute approximate surface area is 186 Å². The summed E-state index contributed by atoms with van der Waals surface area (Å²) in [4.78, 5) is 27.4. The van der Waals surface area contributed by atoms with E-state index in [2.05, 4.69) is 35.4 Å². The van der Waals surface area contributed by atoms with E-state index in [1.807, 2.05) is 39.0 Å². The minimum absolute atomic E-state index is 0.0258. The Morgan fingerprint density at radius 1 is 1.03 bits per heavy atom. The van der Waals surface area contributed by atoms with Crippen LogP contribution >= 0.6 is 0 Å². The Morgan fingerprint density at radius 2 is 1.71 bits per heavy atom. The van der Waals surface area contributed by atoms with E-state index in [1.54, 1.807) is 31.4 Å². The summed E-state index contributed by atoms with van der Waals surface area (Å²) in [6, 6.07) is 15.0. The molecule has 31 heavy (non-hydrogen) atoms. The molecule has 6 nitrogen and oxygen atoms in total. The first kappa shape index (κ1) is 24.4. The molecule has 0 radical (unpaired) electrons. The fourth-order valence-corrected chi connectivity index (χ4v) is 3.32. The monoisotopic (exact) mass is 425 g/mol. The summed E-state index contributed by atoms with van der Waals surface area (Å²) in [6.07, 6.45) is 0. The lowest BCUT2D eigenvalue weighted by atomic mass is 9.95. The van der Waals surface area contributed by atoms with Crippen LogP contribution in [0.25, 0.3) is 0 Å². The van der Waals surface area contributed by atoms with Crippen molar-refractivity contribution in [1.82, 2.24) is 10.2 Å². The van der Waals surface area contributed by atoms with Crippen molar-refractivity contribution in [1.29, 1.82) is 0 Å². The molecular formula is C25H35N3O3. The summed E-state index contributed by atoms with van der Waals surface area (Å²) in [5.41, 5.74) is 1.71. The highest BCUT2D eigenvalue weighted by atomic mass is 16.5. The van der Waals surface area contributed by atoms with E-state index in [1.165, 1.54) is 0 Å². The average molecular weight is 426 g/mol. The lowest BCUT2D eigenvalue weighted by Crippen LogP contribution is -2.38. The summed E-state index contributed by atoms with van der Waals surface area (Å²) in [5, 5.41) is 5.94. The van der Waals surface area contributed by atoms with Gasteiger partial charge in [-0.15, -0.1) is 0 Å². The van der Waals surface area contributed by atoms with Crippen molar-refractivity contribution < 1.29 is 14.3 Å².